The lowest BCUT2D eigenvalue weighted by Gasteiger charge is -2.37. The second kappa shape index (κ2) is 9.16. The molecule has 0 radical (unpaired) electrons. The fraction of sp³-hybridized carbons (Fsp3) is 0.714. The summed E-state index contributed by atoms with van der Waals surface area (Å²) < 4.78 is 41.4. The molecule has 0 heterocycles. The Morgan fingerprint density at radius 1 is 0.846 bits per heavy atom. The van der Waals surface area contributed by atoms with Crippen molar-refractivity contribution in [3.05, 3.63) is 29.8 Å². The SMILES string of the molecule is FC(F)(F)Oc1ccc(CCC2CCC(C3CCC(I)CC3)CC2)cc1. The topological polar surface area (TPSA) is 9.23 Å². The number of aryl methyl sites for hydroxylation is 1. The molecule has 1 aromatic carbocycles. The molecule has 0 N–H and O–H groups in total. The van der Waals surface area contributed by atoms with Crippen LogP contribution in [0.2, 0.25) is 0 Å². The van der Waals surface area contributed by atoms with E-state index in [0.29, 0.717) is 0 Å². The highest BCUT2D eigenvalue weighted by Gasteiger charge is 2.31. The molecule has 0 amide bonds. The lowest BCUT2D eigenvalue weighted by Crippen LogP contribution is -2.26. The van der Waals surface area contributed by atoms with Gasteiger partial charge in [0.2, 0.25) is 0 Å². The van der Waals surface area contributed by atoms with E-state index in [1.165, 1.54) is 63.5 Å². The zero-order valence-corrected chi connectivity index (χ0v) is 17.3. The van der Waals surface area contributed by atoms with Gasteiger partial charge in [0.25, 0.3) is 0 Å². The van der Waals surface area contributed by atoms with E-state index in [-0.39, 0.29) is 5.75 Å². The van der Waals surface area contributed by atoms with E-state index in [4.69, 9.17) is 0 Å². The van der Waals surface area contributed by atoms with Crippen LogP contribution in [0.3, 0.4) is 0 Å². The van der Waals surface area contributed by atoms with E-state index in [2.05, 4.69) is 27.3 Å². The van der Waals surface area contributed by atoms with Crippen LogP contribution in [0.4, 0.5) is 13.2 Å². The average Bonchev–Trinajstić information content (AvgIpc) is 2.61. The van der Waals surface area contributed by atoms with E-state index < -0.39 is 6.36 Å². The van der Waals surface area contributed by atoms with Gasteiger partial charge in [0.05, 0.1) is 0 Å². The van der Waals surface area contributed by atoms with Crippen molar-refractivity contribution in [2.75, 3.05) is 0 Å². The molecule has 2 aliphatic rings. The Bertz CT molecular complexity index is 541. The van der Waals surface area contributed by atoms with Crippen molar-refractivity contribution in [3.63, 3.8) is 0 Å². The van der Waals surface area contributed by atoms with Gasteiger partial charge in [-0.15, -0.1) is 13.2 Å². The van der Waals surface area contributed by atoms with Gasteiger partial charge in [0.1, 0.15) is 5.75 Å². The third-order valence-electron chi connectivity index (χ3n) is 6.26. The Hall–Kier alpha value is -0.460. The molecule has 2 aliphatic carbocycles. The molecular weight excluding hydrogens is 452 g/mol. The predicted octanol–water partition coefficient (Wildman–Crippen LogP) is 7.32. The van der Waals surface area contributed by atoms with Gasteiger partial charge in [-0.1, -0.05) is 47.6 Å². The van der Waals surface area contributed by atoms with Gasteiger partial charge in [-0.05, 0) is 86.8 Å². The molecule has 2 saturated carbocycles. The molecule has 3 rings (SSSR count). The minimum atomic E-state index is -4.61. The predicted molar refractivity (Wildman–Crippen MR) is 107 cm³/mol. The monoisotopic (exact) mass is 480 g/mol. The Labute approximate surface area is 168 Å². The first-order chi connectivity index (χ1) is 12.4. The maximum absolute atomic E-state index is 12.2. The summed E-state index contributed by atoms with van der Waals surface area (Å²) in [7, 11) is 0. The fourth-order valence-electron chi connectivity index (χ4n) is 4.73. The largest absolute Gasteiger partial charge is 0.573 e. The molecule has 1 aromatic rings. The summed E-state index contributed by atoms with van der Waals surface area (Å²) in [6.45, 7) is 0. The van der Waals surface area contributed by atoms with Gasteiger partial charge in [-0.2, -0.15) is 0 Å². The molecule has 0 spiro atoms. The highest BCUT2D eigenvalue weighted by Crippen LogP contribution is 2.42. The molecule has 0 saturated heterocycles. The lowest BCUT2D eigenvalue weighted by molar-refractivity contribution is -0.274. The number of hydrogen-bond acceptors (Lipinski definition) is 1. The van der Waals surface area contributed by atoms with Crippen molar-refractivity contribution in [2.24, 2.45) is 17.8 Å². The third kappa shape index (κ3) is 6.31. The van der Waals surface area contributed by atoms with E-state index in [9.17, 15) is 13.2 Å². The average molecular weight is 480 g/mol. The zero-order valence-electron chi connectivity index (χ0n) is 15.1. The quantitative estimate of drug-likeness (QED) is 0.317. The Balaban J connectivity index is 1.38. The molecule has 2 fully saturated rings. The van der Waals surface area contributed by atoms with Gasteiger partial charge in [0, 0.05) is 3.92 Å². The summed E-state index contributed by atoms with van der Waals surface area (Å²) in [5.41, 5.74) is 1.10. The van der Waals surface area contributed by atoms with Crippen molar-refractivity contribution in [2.45, 2.75) is 74.5 Å². The summed E-state index contributed by atoms with van der Waals surface area (Å²) in [6, 6.07) is 6.36. The van der Waals surface area contributed by atoms with Crippen LogP contribution in [-0.4, -0.2) is 10.3 Å². The van der Waals surface area contributed by atoms with Gasteiger partial charge in [-0.3, -0.25) is 0 Å². The standard InChI is InChI=1S/C21H28F3IO/c22-21(23,24)26-20-13-5-16(6-14-20)2-1-15-3-7-17(8-4-15)18-9-11-19(25)12-10-18/h5-6,13-15,17-19H,1-4,7-12H2. The van der Waals surface area contributed by atoms with Crippen LogP contribution in [0, 0.1) is 17.8 Å². The minimum absolute atomic E-state index is 0.136. The number of hydrogen-bond donors (Lipinski definition) is 0. The molecule has 5 heteroatoms. The van der Waals surface area contributed by atoms with Crippen molar-refractivity contribution in [3.8, 4) is 5.75 Å². The second-order valence-electron chi connectivity index (χ2n) is 8.02. The summed E-state index contributed by atoms with van der Waals surface area (Å²) >= 11 is 2.60. The maximum atomic E-state index is 12.2. The first-order valence-electron chi connectivity index (χ1n) is 9.88. The molecule has 0 aliphatic heterocycles. The van der Waals surface area contributed by atoms with Crippen LogP contribution in [0.1, 0.15) is 63.4 Å². The maximum Gasteiger partial charge on any atom is 0.573 e. The Morgan fingerprint density at radius 2 is 1.38 bits per heavy atom. The van der Waals surface area contributed by atoms with Crippen molar-refractivity contribution >= 4 is 22.6 Å². The van der Waals surface area contributed by atoms with Crippen LogP contribution >= 0.6 is 22.6 Å². The van der Waals surface area contributed by atoms with Crippen molar-refractivity contribution in [1.29, 1.82) is 0 Å². The van der Waals surface area contributed by atoms with Gasteiger partial charge in [0.15, 0.2) is 0 Å². The first-order valence-corrected chi connectivity index (χ1v) is 11.1. The normalized spacial score (nSPS) is 30.2. The second-order valence-corrected chi connectivity index (χ2v) is 9.78. The van der Waals surface area contributed by atoms with Crippen LogP contribution in [-0.2, 0) is 6.42 Å². The summed E-state index contributed by atoms with van der Waals surface area (Å²) in [5, 5.41) is 0. The van der Waals surface area contributed by atoms with E-state index in [1.54, 1.807) is 12.1 Å². The molecule has 0 bridgehead atoms. The molecule has 0 unspecified atom stereocenters. The molecule has 0 aromatic heterocycles. The number of rotatable bonds is 5. The Morgan fingerprint density at radius 3 is 1.92 bits per heavy atom. The lowest BCUT2D eigenvalue weighted by atomic mass is 9.70. The number of halogens is 4. The van der Waals surface area contributed by atoms with Crippen molar-refractivity contribution in [1.82, 2.24) is 0 Å². The highest BCUT2D eigenvalue weighted by atomic mass is 127. The molecule has 26 heavy (non-hydrogen) atoms. The van der Waals surface area contributed by atoms with Crippen LogP contribution in [0.25, 0.3) is 0 Å². The smallest absolute Gasteiger partial charge is 0.406 e. The van der Waals surface area contributed by atoms with Gasteiger partial charge >= 0.3 is 6.36 Å². The minimum Gasteiger partial charge on any atom is -0.406 e. The van der Waals surface area contributed by atoms with Gasteiger partial charge < -0.3 is 4.74 Å². The fourth-order valence-corrected chi connectivity index (χ4v) is 5.45. The number of ether oxygens (including phenoxy) is 1. The highest BCUT2D eigenvalue weighted by molar-refractivity contribution is 14.1. The van der Waals surface area contributed by atoms with Crippen LogP contribution < -0.4 is 4.74 Å². The summed E-state index contributed by atoms with van der Waals surface area (Å²) in [6.07, 6.45) is 8.53. The Kier molecular flexibility index (Phi) is 7.14. The first kappa shape index (κ1) is 20.3. The van der Waals surface area contributed by atoms with Crippen LogP contribution in [0.5, 0.6) is 5.75 Å². The van der Waals surface area contributed by atoms with Gasteiger partial charge in [-0.25, -0.2) is 0 Å². The van der Waals surface area contributed by atoms with E-state index in [0.717, 1.165) is 40.1 Å². The van der Waals surface area contributed by atoms with E-state index >= 15 is 0 Å². The van der Waals surface area contributed by atoms with Crippen molar-refractivity contribution < 1.29 is 17.9 Å². The molecular formula is C21H28F3IO. The molecule has 1 nitrogen and oxygen atoms in total. The summed E-state index contributed by atoms with van der Waals surface area (Å²) in [5.74, 6) is 2.54. The van der Waals surface area contributed by atoms with Crippen LogP contribution in [0.15, 0.2) is 24.3 Å². The van der Waals surface area contributed by atoms with E-state index in [1.807, 2.05) is 0 Å². The zero-order chi connectivity index (χ0) is 18.6. The summed E-state index contributed by atoms with van der Waals surface area (Å²) in [4.78, 5) is 0. The number of alkyl halides is 4. The molecule has 0 atom stereocenters. The number of benzene rings is 1. The third-order valence-corrected chi connectivity index (χ3v) is 7.50. The molecule has 146 valence electrons.